The second-order valence-corrected chi connectivity index (χ2v) is 3.81. The first-order chi connectivity index (χ1) is 7.65. The van der Waals surface area contributed by atoms with Gasteiger partial charge in [-0.2, -0.15) is 0 Å². The summed E-state index contributed by atoms with van der Waals surface area (Å²) in [5.41, 5.74) is 1.23. The van der Waals surface area contributed by atoms with Gasteiger partial charge < -0.3 is 4.98 Å². The molecule has 2 N–H and O–H groups in total. The zero-order chi connectivity index (χ0) is 11.5. The van der Waals surface area contributed by atoms with Gasteiger partial charge in [0.25, 0.3) is 5.56 Å². The molecule has 2 aromatic rings. The molecule has 0 amide bonds. The van der Waals surface area contributed by atoms with Gasteiger partial charge in [0.2, 0.25) is 0 Å². The molecule has 0 unspecified atom stereocenters. The smallest absolute Gasteiger partial charge is 0.255 e. The van der Waals surface area contributed by atoms with E-state index in [9.17, 15) is 9.18 Å². The highest BCUT2D eigenvalue weighted by Crippen LogP contribution is 2.06. The first kappa shape index (κ1) is 10.8. The molecule has 1 heterocycles. The molecule has 5 heteroatoms. The van der Waals surface area contributed by atoms with E-state index in [2.05, 4.69) is 9.97 Å². The van der Waals surface area contributed by atoms with Crippen molar-refractivity contribution < 1.29 is 4.39 Å². The van der Waals surface area contributed by atoms with Crippen LogP contribution >= 0.6 is 12.2 Å². The minimum Gasteiger partial charge on any atom is -0.338 e. The van der Waals surface area contributed by atoms with Crippen molar-refractivity contribution in [2.24, 2.45) is 0 Å². The molecule has 0 aliphatic rings. The van der Waals surface area contributed by atoms with Gasteiger partial charge in [0.1, 0.15) is 5.82 Å². The van der Waals surface area contributed by atoms with Gasteiger partial charge in [0, 0.05) is 18.2 Å². The highest BCUT2D eigenvalue weighted by Gasteiger charge is 2.01. The number of aromatic nitrogens is 2. The van der Waals surface area contributed by atoms with Crippen molar-refractivity contribution in [3.63, 3.8) is 0 Å². The minimum atomic E-state index is -0.287. The highest BCUT2D eigenvalue weighted by molar-refractivity contribution is 7.71. The normalized spacial score (nSPS) is 10.3. The molecule has 16 heavy (non-hydrogen) atoms. The van der Waals surface area contributed by atoms with E-state index < -0.39 is 0 Å². The lowest BCUT2D eigenvalue weighted by Gasteiger charge is -2.00. The molecule has 0 saturated carbocycles. The van der Waals surface area contributed by atoms with Crippen molar-refractivity contribution in [2.45, 2.75) is 6.42 Å². The fraction of sp³-hybridized carbons (Fsp3) is 0.0909. The summed E-state index contributed by atoms with van der Waals surface area (Å²) < 4.78 is 13.0. The number of hydrogen-bond donors (Lipinski definition) is 2. The van der Waals surface area contributed by atoms with E-state index >= 15 is 0 Å². The molecule has 0 aliphatic heterocycles. The first-order valence-corrected chi connectivity index (χ1v) is 5.11. The predicted octanol–water partition coefficient (Wildman–Crippen LogP) is 2.16. The molecule has 0 spiro atoms. The monoisotopic (exact) mass is 236 g/mol. The second-order valence-electron chi connectivity index (χ2n) is 3.40. The molecule has 0 aliphatic carbocycles. The summed E-state index contributed by atoms with van der Waals surface area (Å²) >= 11 is 4.78. The number of nitrogens with one attached hydrogen (secondary N) is 2. The average Bonchev–Trinajstić information content (AvgIpc) is 2.25. The molecule has 2 rings (SSSR count). The van der Waals surface area contributed by atoms with E-state index in [0.29, 0.717) is 16.8 Å². The summed E-state index contributed by atoms with van der Waals surface area (Å²) in [6, 6.07) is 6.04. The van der Waals surface area contributed by atoms with Crippen molar-refractivity contribution in [2.75, 3.05) is 0 Å². The maximum absolute atomic E-state index is 12.7. The topological polar surface area (TPSA) is 48.6 Å². The van der Waals surface area contributed by atoms with Crippen LogP contribution in [-0.2, 0) is 6.42 Å². The summed E-state index contributed by atoms with van der Waals surface area (Å²) in [5.74, 6) is -0.287. The summed E-state index contributed by atoms with van der Waals surface area (Å²) in [5, 5.41) is 0. The Morgan fingerprint density at radius 3 is 2.56 bits per heavy atom. The van der Waals surface area contributed by atoms with Crippen molar-refractivity contribution in [3.8, 4) is 0 Å². The third-order valence-corrected chi connectivity index (χ3v) is 2.42. The van der Waals surface area contributed by atoms with Gasteiger partial charge in [-0.25, -0.2) is 4.39 Å². The van der Waals surface area contributed by atoms with Crippen LogP contribution in [0.4, 0.5) is 4.39 Å². The van der Waals surface area contributed by atoms with E-state index in [0.717, 1.165) is 5.56 Å². The van der Waals surface area contributed by atoms with E-state index in [1.165, 1.54) is 12.1 Å². The lowest BCUT2D eigenvalue weighted by molar-refractivity contribution is 0.627. The zero-order valence-electron chi connectivity index (χ0n) is 8.29. The average molecular weight is 236 g/mol. The van der Waals surface area contributed by atoms with Gasteiger partial charge in [-0.3, -0.25) is 9.78 Å². The molecule has 1 aromatic heterocycles. The van der Waals surface area contributed by atoms with Gasteiger partial charge in [-0.05, 0) is 29.9 Å². The molecule has 0 bridgehead atoms. The van der Waals surface area contributed by atoms with Crippen LogP contribution in [0.25, 0.3) is 0 Å². The molecule has 0 radical (unpaired) electrons. The van der Waals surface area contributed by atoms with Crippen molar-refractivity contribution in [1.82, 2.24) is 9.97 Å². The van der Waals surface area contributed by atoms with E-state index in [4.69, 9.17) is 12.2 Å². The molecule has 82 valence electrons. The Labute approximate surface area is 96.0 Å². The Balaban J connectivity index is 2.30. The molecular formula is C11H9FN2OS. The van der Waals surface area contributed by atoms with Crippen LogP contribution in [0, 0.1) is 10.6 Å². The summed E-state index contributed by atoms with van der Waals surface area (Å²) in [6.45, 7) is 0. The molecule has 0 atom stereocenters. The van der Waals surface area contributed by atoms with Crippen LogP contribution in [0.15, 0.2) is 35.3 Å². The van der Waals surface area contributed by atoms with Crippen LogP contribution in [0.1, 0.15) is 11.1 Å². The number of H-pyrrole nitrogens is 2. The molecule has 0 fully saturated rings. The standard InChI is InChI=1S/C11H9FN2OS/c12-9-3-1-7(2-4-9)5-8-6-13-11(16)14-10(8)15/h1-4,6H,5H2,(H2,13,14,15,16). The fourth-order valence-corrected chi connectivity index (χ4v) is 1.54. The van der Waals surface area contributed by atoms with Crippen LogP contribution in [0.3, 0.4) is 0 Å². The Bertz CT molecular complexity index is 600. The van der Waals surface area contributed by atoms with Crippen LogP contribution in [0.5, 0.6) is 0 Å². The summed E-state index contributed by atoms with van der Waals surface area (Å²) in [6.07, 6.45) is 2.02. The number of aromatic amines is 2. The Morgan fingerprint density at radius 2 is 1.94 bits per heavy atom. The van der Waals surface area contributed by atoms with Gasteiger partial charge in [-0.15, -0.1) is 0 Å². The third-order valence-electron chi connectivity index (χ3n) is 2.20. The fourth-order valence-electron chi connectivity index (χ4n) is 1.39. The van der Waals surface area contributed by atoms with Crippen LogP contribution in [-0.4, -0.2) is 9.97 Å². The maximum Gasteiger partial charge on any atom is 0.255 e. The van der Waals surface area contributed by atoms with Crippen molar-refractivity contribution in [1.29, 1.82) is 0 Å². The third kappa shape index (κ3) is 2.43. The minimum absolute atomic E-state index is 0.215. The number of halogens is 1. The Kier molecular flexibility index (Phi) is 2.96. The number of hydrogen-bond acceptors (Lipinski definition) is 2. The van der Waals surface area contributed by atoms with Crippen LogP contribution < -0.4 is 5.56 Å². The van der Waals surface area contributed by atoms with Gasteiger partial charge in [-0.1, -0.05) is 12.1 Å². The molecule has 0 saturated heterocycles. The van der Waals surface area contributed by atoms with Crippen molar-refractivity contribution in [3.05, 3.63) is 62.5 Å². The summed E-state index contributed by atoms with van der Waals surface area (Å²) in [4.78, 5) is 16.8. The van der Waals surface area contributed by atoms with Gasteiger partial charge in [0.05, 0.1) is 0 Å². The largest absolute Gasteiger partial charge is 0.338 e. The second kappa shape index (κ2) is 4.40. The quantitative estimate of drug-likeness (QED) is 0.785. The van der Waals surface area contributed by atoms with Crippen LogP contribution in [0.2, 0.25) is 0 Å². The Morgan fingerprint density at radius 1 is 1.25 bits per heavy atom. The molecule has 1 aromatic carbocycles. The lowest BCUT2D eigenvalue weighted by atomic mass is 10.1. The number of benzene rings is 1. The molecule has 3 nitrogen and oxygen atoms in total. The summed E-state index contributed by atoms with van der Waals surface area (Å²) in [7, 11) is 0. The zero-order valence-corrected chi connectivity index (χ0v) is 9.10. The molecular weight excluding hydrogens is 227 g/mol. The van der Waals surface area contributed by atoms with Gasteiger partial charge in [0.15, 0.2) is 4.77 Å². The van der Waals surface area contributed by atoms with Gasteiger partial charge >= 0.3 is 0 Å². The highest BCUT2D eigenvalue weighted by atomic mass is 32.1. The van der Waals surface area contributed by atoms with E-state index in [1.807, 2.05) is 0 Å². The first-order valence-electron chi connectivity index (χ1n) is 4.70. The predicted molar refractivity (Wildman–Crippen MR) is 61.5 cm³/mol. The maximum atomic E-state index is 12.7. The SMILES string of the molecule is O=c1[nH]c(=S)[nH]cc1Cc1ccc(F)cc1. The Hall–Kier alpha value is -1.75. The lowest BCUT2D eigenvalue weighted by Crippen LogP contribution is -2.13. The number of rotatable bonds is 2. The van der Waals surface area contributed by atoms with Crippen molar-refractivity contribution >= 4 is 12.2 Å². The van der Waals surface area contributed by atoms with E-state index in [1.54, 1.807) is 18.3 Å². The van der Waals surface area contributed by atoms with E-state index in [-0.39, 0.29) is 11.4 Å².